The number of hydrogen-bond acceptors (Lipinski definition) is 6. The predicted octanol–water partition coefficient (Wildman–Crippen LogP) is 4.99. The zero-order chi connectivity index (χ0) is 25.9. The van der Waals surface area contributed by atoms with Crippen LogP contribution >= 0.6 is 11.6 Å². The minimum absolute atomic E-state index is 0.0878. The second-order valence-electron chi connectivity index (χ2n) is 9.22. The van der Waals surface area contributed by atoms with E-state index in [2.05, 4.69) is 15.6 Å². The van der Waals surface area contributed by atoms with Crippen LogP contribution < -0.4 is 24.8 Å². The Morgan fingerprint density at radius 3 is 2.65 bits per heavy atom. The highest BCUT2D eigenvalue weighted by molar-refractivity contribution is 6.31. The van der Waals surface area contributed by atoms with Crippen molar-refractivity contribution in [2.75, 3.05) is 20.8 Å². The van der Waals surface area contributed by atoms with Gasteiger partial charge in [-0.15, -0.1) is 0 Å². The lowest BCUT2D eigenvalue weighted by Crippen LogP contribution is -2.35. The van der Waals surface area contributed by atoms with E-state index in [4.69, 9.17) is 25.8 Å². The van der Waals surface area contributed by atoms with E-state index in [1.807, 2.05) is 18.2 Å². The highest BCUT2D eigenvalue weighted by Crippen LogP contribution is 2.42. The third-order valence-corrected chi connectivity index (χ3v) is 7.18. The summed E-state index contributed by atoms with van der Waals surface area (Å²) in [6.45, 7) is 1.14. The van der Waals surface area contributed by atoms with E-state index in [0.29, 0.717) is 48.3 Å². The summed E-state index contributed by atoms with van der Waals surface area (Å²) in [7, 11) is 3.02. The Bertz CT molecular complexity index is 1320. The number of methoxy groups -OCH3 is 2. The zero-order valence-corrected chi connectivity index (χ0v) is 21.5. The molecular formula is C28H29ClFN3O4. The molecule has 1 amide bonds. The summed E-state index contributed by atoms with van der Waals surface area (Å²) >= 11 is 6.58. The fourth-order valence-corrected chi connectivity index (χ4v) is 5.31. The van der Waals surface area contributed by atoms with Crippen molar-refractivity contribution in [2.45, 2.75) is 44.4 Å². The molecule has 2 N–H and O–H groups in total. The van der Waals surface area contributed by atoms with Gasteiger partial charge in [0.15, 0.2) is 11.6 Å². The molecule has 2 heterocycles. The number of halogens is 2. The van der Waals surface area contributed by atoms with Crippen molar-refractivity contribution in [2.24, 2.45) is 0 Å². The number of amides is 1. The number of fused-ring (bicyclic) bond motifs is 1. The zero-order valence-electron chi connectivity index (χ0n) is 20.8. The largest absolute Gasteiger partial charge is 0.494 e. The fourth-order valence-electron chi connectivity index (χ4n) is 5.09. The molecular weight excluding hydrogens is 497 g/mol. The van der Waals surface area contributed by atoms with Crippen LogP contribution in [0, 0.1) is 5.82 Å². The molecule has 0 radical (unpaired) electrons. The molecule has 1 aliphatic heterocycles. The van der Waals surface area contributed by atoms with Gasteiger partial charge in [-0.3, -0.25) is 4.79 Å². The van der Waals surface area contributed by atoms with Gasteiger partial charge in [-0.05, 0) is 48.1 Å². The molecule has 7 nitrogen and oxygen atoms in total. The number of nitrogens with one attached hydrogen (secondary N) is 2. The summed E-state index contributed by atoms with van der Waals surface area (Å²) in [5.41, 5.74) is 4.16. The van der Waals surface area contributed by atoms with Gasteiger partial charge in [-0.1, -0.05) is 41.9 Å². The van der Waals surface area contributed by atoms with Crippen molar-refractivity contribution < 1.29 is 23.4 Å². The van der Waals surface area contributed by atoms with Crippen molar-refractivity contribution in [3.8, 4) is 28.6 Å². The van der Waals surface area contributed by atoms with Gasteiger partial charge in [0.25, 0.3) is 0 Å². The topological polar surface area (TPSA) is 81.7 Å². The molecule has 37 heavy (non-hydrogen) atoms. The number of benzene rings is 2. The predicted molar refractivity (Wildman–Crippen MR) is 139 cm³/mol. The summed E-state index contributed by atoms with van der Waals surface area (Å²) in [6, 6.07) is 12.9. The summed E-state index contributed by atoms with van der Waals surface area (Å²) in [5, 5.41) is 6.66. The summed E-state index contributed by atoms with van der Waals surface area (Å²) < 4.78 is 32.0. The van der Waals surface area contributed by atoms with Crippen molar-refractivity contribution in [1.82, 2.24) is 15.6 Å². The molecule has 1 unspecified atom stereocenters. The average molecular weight is 526 g/mol. The fraction of sp³-hybridized carbons (Fsp3) is 0.357. The summed E-state index contributed by atoms with van der Waals surface area (Å²) in [5.74, 6) is 0.641. The molecule has 1 saturated heterocycles. The van der Waals surface area contributed by atoms with Crippen LogP contribution in [-0.4, -0.2) is 37.7 Å². The quantitative estimate of drug-likeness (QED) is 0.409. The minimum atomic E-state index is -0.378. The van der Waals surface area contributed by atoms with E-state index in [1.165, 1.54) is 7.11 Å². The molecule has 0 saturated carbocycles. The smallest absolute Gasteiger partial charge is 0.236 e. The number of aromatic nitrogens is 1. The van der Waals surface area contributed by atoms with Crippen molar-refractivity contribution in [1.29, 1.82) is 0 Å². The molecule has 2 aromatic carbocycles. The number of hydrogen-bond donors (Lipinski definition) is 2. The van der Waals surface area contributed by atoms with Gasteiger partial charge in [0.2, 0.25) is 17.7 Å². The Morgan fingerprint density at radius 2 is 1.89 bits per heavy atom. The number of rotatable bonds is 9. The van der Waals surface area contributed by atoms with Gasteiger partial charge >= 0.3 is 0 Å². The Morgan fingerprint density at radius 1 is 1.08 bits per heavy atom. The van der Waals surface area contributed by atoms with Crippen LogP contribution in [0.3, 0.4) is 0 Å². The first kappa shape index (κ1) is 25.3. The highest BCUT2D eigenvalue weighted by Gasteiger charge is 2.29. The number of ether oxygens (including phenoxy) is 3. The van der Waals surface area contributed by atoms with Crippen LogP contribution in [0.15, 0.2) is 42.5 Å². The molecule has 5 rings (SSSR count). The van der Waals surface area contributed by atoms with Crippen molar-refractivity contribution in [3.63, 3.8) is 0 Å². The molecule has 2 atom stereocenters. The van der Waals surface area contributed by atoms with Crippen LogP contribution in [-0.2, 0) is 17.8 Å². The molecule has 194 valence electrons. The molecule has 1 fully saturated rings. The van der Waals surface area contributed by atoms with Gasteiger partial charge < -0.3 is 24.8 Å². The lowest BCUT2D eigenvalue weighted by molar-refractivity contribution is -0.119. The molecule has 0 bridgehead atoms. The van der Waals surface area contributed by atoms with Crippen LogP contribution in [0.4, 0.5) is 4.39 Å². The first-order chi connectivity index (χ1) is 18.0. The maximum atomic E-state index is 15.0. The molecule has 3 aromatic rings. The van der Waals surface area contributed by atoms with Gasteiger partial charge in [-0.2, -0.15) is 4.98 Å². The number of nitrogens with zero attached hydrogens (tertiary/aromatic N) is 1. The van der Waals surface area contributed by atoms with Crippen LogP contribution in [0.5, 0.6) is 17.5 Å². The Labute approximate surface area is 220 Å². The second kappa shape index (κ2) is 10.9. The molecule has 9 heteroatoms. The normalized spacial score (nSPS) is 18.4. The molecule has 2 aliphatic rings. The van der Waals surface area contributed by atoms with Crippen LogP contribution in [0.1, 0.15) is 42.1 Å². The molecule has 1 aliphatic carbocycles. The molecule has 0 spiro atoms. The van der Waals surface area contributed by atoms with E-state index < -0.39 is 0 Å². The van der Waals surface area contributed by atoms with E-state index in [9.17, 15) is 4.79 Å². The van der Waals surface area contributed by atoms with E-state index in [-0.39, 0.29) is 29.6 Å². The SMILES string of the molecule is COc1cccc(-c2cccc3c2CC[C@@H]3Oc2nc(OC)c(CNCC3CCC(=O)N3)cc2Cl)c1F. The number of pyridine rings is 1. The monoisotopic (exact) mass is 525 g/mol. The summed E-state index contributed by atoms with van der Waals surface area (Å²) in [4.78, 5) is 15.9. The Balaban J connectivity index is 1.33. The lowest BCUT2D eigenvalue weighted by atomic mass is 9.96. The standard InChI is InChI=1S/C28H29ClFN3O4/c1-35-24-8-4-7-21(26(24)30)18-5-3-6-20-19(18)10-11-23(20)37-28-22(29)13-16(27(33-28)36-2)14-31-15-17-9-12-25(34)32-17/h3-8,13,17,23,31H,9-12,14-15H2,1-2H3,(H,32,34)/t17?,23-/m0/s1. The second-order valence-corrected chi connectivity index (χ2v) is 9.63. The maximum absolute atomic E-state index is 15.0. The van der Waals surface area contributed by atoms with Crippen LogP contribution in [0.2, 0.25) is 5.02 Å². The molecule has 1 aromatic heterocycles. The third kappa shape index (κ3) is 5.22. The highest BCUT2D eigenvalue weighted by atomic mass is 35.5. The lowest BCUT2D eigenvalue weighted by Gasteiger charge is -2.18. The van der Waals surface area contributed by atoms with Gasteiger partial charge in [0, 0.05) is 36.7 Å². The Hall–Kier alpha value is -3.36. The van der Waals surface area contributed by atoms with E-state index in [0.717, 1.165) is 35.1 Å². The summed E-state index contributed by atoms with van der Waals surface area (Å²) in [6.07, 6.45) is 2.57. The third-order valence-electron chi connectivity index (χ3n) is 6.91. The average Bonchev–Trinajstić information content (AvgIpc) is 3.51. The van der Waals surface area contributed by atoms with Gasteiger partial charge in [0.1, 0.15) is 11.1 Å². The van der Waals surface area contributed by atoms with Crippen molar-refractivity contribution in [3.05, 3.63) is 70.0 Å². The maximum Gasteiger partial charge on any atom is 0.236 e. The Kier molecular flexibility index (Phi) is 7.48. The van der Waals surface area contributed by atoms with Crippen molar-refractivity contribution >= 4 is 17.5 Å². The number of carbonyl (C=O) groups excluding carboxylic acids is 1. The van der Waals surface area contributed by atoms with Crippen LogP contribution in [0.25, 0.3) is 11.1 Å². The minimum Gasteiger partial charge on any atom is -0.494 e. The first-order valence-electron chi connectivity index (χ1n) is 12.3. The van der Waals surface area contributed by atoms with E-state index in [1.54, 1.807) is 31.4 Å². The van der Waals surface area contributed by atoms with Gasteiger partial charge in [-0.25, -0.2) is 4.39 Å². The number of carbonyl (C=O) groups is 1. The van der Waals surface area contributed by atoms with E-state index >= 15 is 4.39 Å². The van der Waals surface area contributed by atoms with Gasteiger partial charge in [0.05, 0.1) is 14.2 Å². The first-order valence-corrected chi connectivity index (χ1v) is 12.7.